The van der Waals surface area contributed by atoms with E-state index in [-0.39, 0.29) is 0 Å². The third-order valence-electron chi connectivity index (χ3n) is 1.81. The summed E-state index contributed by atoms with van der Waals surface area (Å²) in [6, 6.07) is 8.94. The molecule has 0 heterocycles. The second-order valence-corrected chi connectivity index (χ2v) is 2.93. The molecule has 3 nitrogen and oxygen atoms in total. The molecule has 14 heavy (non-hydrogen) atoms. The zero-order chi connectivity index (χ0) is 10.6. The molecule has 0 aliphatic rings. The van der Waals surface area contributed by atoms with E-state index in [1.165, 1.54) is 0 Å². The van der Waals surface area contributed by atoms with Crippen LogP contribution in [0.3, 0.4) is 0 Å². The van der Waals surface area contributed by atoms with Crippen molar-refractivity contribution in [1.82, 2.24) is 0 Å². The zero-order valence-electron chi connectivity index (χ0n) is 7.82. The molecular formula is C11H10N2O. The number of nitriles is 1. The summed E-state index contributed by atoms with van der Waals surface area (Å²) in [6.07, 6.45) is 1.68. The van der Waals surface area contributed by atoms with Crippen LogP contribution in [0.5, 0.6) is 0 Å². The highest BCUT2D eigenvalue weighted by atomic mass is 16.1. The molecule has 0 saturated carbocycles. The molecular weight excluding hydrogens is 176 g/mol. The number of carbonyl (C=O) groups is 1. The maximum atomic E-state index is 10.7. The lowest BCUT2D eigenvalue weighted by atomic mass is 10.1. The Morgan fingerprint density at radius 3 is 2.43 bits per heavy atom. The van der Waals surface area contributed by atoms with E-state index in [0.29, 0.717) is 11.1 Å². The summed E-state index contributed by atoms with van der Waals surface area (Å²) in [5.74, 6) is -0.436. The molecule has 0 aliphatic heterocycles. The molecule has 70 valence electrons. The first-order valence-corrected chi connectivity index (χ1v) is 4.12. The van der Waals surface area contributed by atoms with Gasteiger partial charge in [0.1, 0.15) is 0 Å². The number of benzene rings is 1. The van der Waals surface area contributed by atoms with Gasteiger partial charge in [0.15, 0.2) is 0 Å². The Bertz CT molecular complexity index is 410. The van der Waals surface area contributed by atoms with Gasteiger partial charge in [0.2, 0.25) is 5.91 Å². The van der Waals surface area contributed by atoms with Crippen molar-refractivity contribution in [3.05, 3.63) is 41.0 Å². The molecule has 2 N–H and O–H groups in total. The van der Waals surface area contributed by atoms with Gasteiger partial charge in [-0.2, -0.15) is 5.26 Å². The van der Waals surface area contributed by atoms with Crippen LogP contribution in [0.15, 0.2) is 29.8 Å². The smallest absolute Gasteiger partial charge is 0.244 e. The van der Waals surface area contributed by atoms with Gasteiger partial charge in [-0.3, -0.25) is 4.79 Å². The number of primary amides is 1. The van der Waals surface area contributed by atoms with Gasteiger partial charge in [0, 0.05) is 5.57 Å². The summed E-state index contributed by atoms with van der Waals surface area (Å²) in [7, 11) is 0. The van der Waals surface area contributed by atoms with E-state index in [4.69, 9.17) is 11.0 Å². The van der Waals surface area contributed by atoms with Crippen LogP contribution in [0, 0.1) is 11.3 Å². The standard InChI is InChI=1S/C11H10N2O/c1-8(11(13)14)6-9-2-4-10(7-12)5-3-9/h2-6H,1H3,(H2,13,14)/b8-6-. The minimum Gasteiger partial charge on any atom is -0.366 e. The maximum Gasteiger partial charge on any atom is 0.244 e. The Morgan fingerprint density at radius 2 is 2.00 bits per heavy atom. The van der Waals surface area contributed by atoms with Crippen molar-refractivity contribution < 1.29 is 4.79 Å². The maximum absolute atomic E-state index is 10.7. The van der Waals surface area contributed by atoms with Crippen molar-refractivity contribution in [3.8, 4) is 6.07 Å². The van der Waals surface area contributed by atoms with Gasteiger partial charge in [-0.15, -0.1) is 0 Å². The summed E-state index contributed by atoms with van der Waals surface area (Å²) in [5.41, 5.74) is 7.03. The van der Waals surface area contributed by atoms with Crippen molar-refractivity contribution in [1.29, 1.82) is 5.26 Å². The average molecular weight is 186 g/mol. The molecule has 0 bridgehead atoms. The third kappa shape index (κ3) is 2.46. The van der Waals surface area contributed by atoms with Crippen molar-refractivity contribution in [2.75, 3.05) is 0 Å². The van der Waals surface area contributed by atoms with E-state index in [0.717, 1.165) is 5.56 Å². The van der Waals surface area contributed by atoms with E-state index >= 15 is 0 Å². The molecule has 0 fully saturated rings. The summed E-state index contributed by atoms with van der Waals surface area (Å²) >= 11 is 0. The van der Waals surface area contributed by atoms with E-state index in [2.05, 4.69) is 0 Å². The van der Waals surface area contributed by atoms with Gasteiger partial charge in [0.25, 0.3) is 0 Å². The van der Waals surface area contributed by atoms with Crippen LogP contribution in [-0.2, 0) is 4.79 Å². The van der Waals surface area contributed by atoms with Crippen molar-refractivity contribution in [2.24, 2.45) is 5.73 Å². The molecule has 3 heteroatoms. The van der Waals surface area contributed by atoms with Crippen molar-refractivity contribution in [2.45, 2.75) is 6.92 Å². The summed E-state index contributed by atoms with van der Waals surface area (Å²) < 4.78 is 0. The number of amides is 1. The average Bonchev–Trinajstić information content (AvgIpc) is 2.19. The normalized spacial score (nSPS) is 10.7. The van der Waals surface area contributed by atoms with Crippen LogP contribution in [0.25, 0.3) is 6.08 Å². The van der Waals surface area contributed by atoms with Gasteiger partial charge in [0.05, 0.1) is 11.6 Å². The molecule has 0 saturated heterocycles. The Balaban J connectivity index is 2.95. The lowest BCUT2D eigenvalue weighted by Crippen LogP contribution is -2.11. The Hall–Kier alpha value is -2.08. The lowest BCUT2D eigenvalue weighted by Gasteiger charge is -1.96. The van der Waals surface area contributed by atoms with E-state index < -0.39 is 5.91 Å². The summed E-state index contributed by atoms with van der Waals surface area (Å²) in [5, 5.41) is 8.56. The quantitative estimate of drug-likeness (QED) is 0.710. The largest absolute Gasteiger partial charge is 0.366 e. The Labute approximate surface area is 82.5 Å². The lowest BCUT2D eigenvalue weighted by molar-refractivity contribution is -0.114. The Morgan fingerprint density at radius 1 is 1.43 bits per heavy atom. The number of nitrogens with two attached hydrogens (primary N) is 1. The molecule has 0 spiro atoms. The first kappa shape index (κ1) is 10.0. The number of nitrogens with zero attached hydrogens (tertiary/aromatic N) is 1. The van der Waals surface area contributed by atoms with Crippen molar-refractivity contribution >= 4 is 12.0 Å². The highest BCUT2D eigenvalue weighted by Crippen LogP contribution is 2.07. The molecule has 1 aromatic rings. The SMILES string of the molecule is C/C(=C/c1ccc(C#N)cc1)C(N)=O. The molecule has 1 aromatic carbocycles. The van der Waals surface area contributed by atoms with Gasteiger partial charge in [-0.1, -0.05) is 12.1 Å². The highest BCUT2D eigenvalue weighted by Gasteiger charge is 1.97. The van der Waals surface area contributed by atoms with Crippen LogP contribution in [0.4, 0.5) is 0 Å². The topological polar surface area (TPSA) is 66.9 Å². The minimum atomic E-state index is -0.436. The van der Waals surface area contributed by atoms with Crippen LogP contribution < -0.4 is 5.73 Å². The van der Waals surface area contributed by atoms with Gasteiger partial charge in [-0.25, -0.2) is 0 Å². The van der Waals surface area contributed by atoms with Crippen molar-refractivity contribution in [3.63, 3.8) is 0 Å². The molecule has 0 unspecified atom stereocenters. The highest BCUT2D eigenvalue weighted by molar-refractivity contribution is 5.95. The van der Waals surface area contributed by atoms with E-state index in [1.54, 1.807) is 37.3 Å². The van der Waals surface area contributed by atoms with Gasteiger partial charge in [-0.05, 0) is 30.7 Å². The molecule has 0 aromatic heterocycles. The summed E-state index contributed by atoms with van der Waals surface area (Å²) in [4.78, 5) is 10.7. The minimum absolute atomic E-state index is 0.436. The monoisotopic (exact) mass is 186 g/mol. The van der Waals surface area contributed by atoms with Gasteiger partial charge < -0.3 is 5.73 Å². The predicted octanol–water partition coefficient (Wildman–Crippen LogP) is 1.45. The Kier molecular flexibility index (Phi) is 3.03. The second kappa shape index (κ2) is 4.24. The fourth-order valence-electron chi connectivity index (χ4n) is 0.975. The second-order valence-electron chi connectivity index (χ2n) is 2.93. The first-order chi connectivity index (χ1) is 6.63. The molecule has 0 aliphatic carbocycles. The summed E-state index contributed by atoms with van der Waals surface area (Å²) in [6.45, 7) is 1.65. The zero-order valence-corrected chi connectivity index (χ0v) is 7.82. The van der Waals surface area contributed by atoms with E-state index in [1.807, 2.05) is 6.07 Å². The van der Waals surface area contributed by atoms with Crippen LogP contribution in [-0.4, -0.2) is 5.91 Å². The number of hydrogen-bond donors (Lipinski definition) is 1. The third-order valence-corrected chi connectivity index (χ3v) is 1.81. The fraction of sp³-hybridized carbons (Fsp3) is 0.0909. The molecule has 1 rings (SSSR count). The van der Waals surface area contributed by atoms with Crippen LogP contribution in [0.1, 0.15) is 18.1 Å². The van der Waals surface area contributed by atoms with E-state index in [9.17, 15) is 4.79 Å². The molecule has 0 atom stereocenters. The number of hydrogen-bond acceptors (Lipinski definition) is 2. The fourth-order valence-corrected chi connectivity index (χ4v) is 0.975. The van der Waals surface area contributed by atoms with Gasteiger partial charge >= 0.3 is 0 Å². The van der Waals surface area contributed by atoms with Crippen LogP contribution >= 0.6 is 0 Å². The van der Waals surface area contributed by atoms with Crippen LogP contribution in [0.2, 0.25) is 0 Å². The molecule has 0 radical (unpaired) electrons. The first-order valence-electron chi connectivity index (χ1n) is 4.12. The number of rotatable bonds is 2. The predicted molar refractivity (Wildman–Crippen MR) is 54.0 cm³/mol. The molecule has 1 amide bonds. The number of carbonyl (C=O) groups excluding carboxylic acids is 1.